The maximum Gasteiger partial charge on any atom is 0.244 e. The lowest BCUT2D eigenvalue weighted by molar-refractivity contribution is -0.120. The minimum absolute atomic E-state index is 0.000940. The van der Waals surface area contributed by atoms with Crippen molar-refractivity contribution in [1.29, 1.82) is 0 Å². The highest BCUT2D eigenvalue weighted by atomic mass is 32.2. The van der Waals surface area contributed by atoms with E-state index in [1.807, 2.05) is 0 Å². The molecule has 22 heavy (non-hydrogen) atoms. The number of halogens is 1. The number of sulfonamides is 1. The van der Waals surface area contributed by atoms with Crippen LogP contribution in [0.15, 0.2) is 23.1 Å². The molecule has 7 nitrogen and oxygen atoms in total. The van der Waals surface area contributed by atoms with Gasteiger partial charge in [0, 0.05) is 33.6 Å². The zero-order valence-corrected chi connectivity index (χ0v) is 13.3. The van der Waals surface area contributed by atoms with E-state index in [4.69, 9.17) is 5.11 Å². The summed E-state index contributed by atoms with van der Waals surface area (Å²) in [5, 5.41) is 13.9. The van der Waals surface area contributed by atoms with Crippen molar-refractivity contribution in [2.24, 2.45) is 0 Å². The molecule has 1 rings (SSSR count). The van der Waals surface area contributed by atoms with Gasteiger partial charge in [-0.15, -0.1) is 0 Å². The molecule has 9 heteroatoms. The molecule has 0 unspecified atom stereocenters. The van der Waals surface area contributed by atoms with E-state index in [1.54, 1.807) is 0 Å². The van der Waals surface area contributed by atoms with Crippen LogP contribution < -0.4 is 10.6 Å². The van der Waals surface area contributed by atoms with Gasteiger partial charge in [0.25, 0.3) is 0 Å². The number of hydrogen-bond donors (Lipinski definition) is 3. The van der Waals surface area contributed by atoms with Gasteiger partial charge in [-0.25, -0.2) is 17.1 Å². The van der Waals surface area contributed by atoms with Crippen molar-refractivity contribution in [3.8, 4) is 0 Å². The Balaban J connectivity index is 3.04. The number of amides is 1. The van der Waals surface area contributed by atoms with Crippen LogP contribution >= 0.6 is 0 Å². The van der Waals surface area contributed by atoms with Crippen LogP contribution in [0.1, 0.15) is 6.42 Å². The number of aliphatic hydroxyl groups is 1. The number of carbonyl (C=O) groups is 1. The highest BCUT2D eigenvalue weighted by Gasteiger charge is 2.25. The summed E-state index contributed by atoms with van der Waals surface area (Å²) in [5.74, 6) is -0.979. The summed E-state index contributed by atoms with van der Waals surface area (Å²) in [5.41, 5.74) is 0.197. The second kappa shape index (κ2) is 8.06. The van der Waals surface area contributed by atoms with Crippen LogP contribution in [-0.2, 0) is 14.8 Å². The maximum absolute atomic E-state index is 13.4. The fourth-order valence-corrected chi connectivity index (χ4v) is 3.07. The highest BCUT2D eigenvalue weighted by Crippen LogP contribution is 2.25. The number of aliphatic hydroxyl groups excluding tert-OH is 1. The fourth-order valence-electron chi connectivity index (χ4n) is 1.72. The first-order valence-electron chi connectivity index (χ1n) is 6.64. The van der Waals surface area contributed by atoms with Gasteiger partial charge in [0.1, 0.15) is 10.7 Å². The molecule has 0 aromatic heterocycles. The lowest BCUT2D eigenvalue weighted by atomic mass is 10.3. The zero-order chi connectivity index (χ0) is 16.8. The number of benzene rings is 1. The molecule has 0 spiro atoms. The van der Waals surface area contributed by atoms with E-state index < -0.39 is 15.8 Å². The molecule has 1 amide bonds. The molecule has 3 N–H and O–H groups in total. The van der Waals surface area contributed by atoms with Gasteiger partial charge < -0.3 is 15.7 Å². The predicted molar refractivity (Wildman–Crippen MR) is 80.5 cm³/mol. The van der Waals surface area contributed by atoms with E-state index in [-0.39, 0.29) is 42.6 Å². The maximum atomic E-state index is 13.4. The van der Waals surface area contributed by atoms with Crippen molar-refractivity contribution in [2.75, 3.05) is 39.1 Å². The van der Waals surface area contributed by atoms with Gasteiger partial charge in [-0.3, -0.25) is 4.79 Å². The predicted octanol–water partition coefficient (Wildman–Crippen LogP) is -0.0135. The number of anilines is 1. The van der Waals surface area contributed by atoms with Crippen LogP contribution in [-0.4, -0.2) is 57.5 Å². The standard InChI is InChI=1S/C13H20FN3O4S/c1-15-13(19)5-7-17(2)22(20,21)12-9-10(14)3-4-11(12)16-6-8-18/h3-4,9,16,18H,5-8H2,1-2H3,(H,15,19). The lowest BCUT2D eigenvalue weighted by Crippen LogP contribution is -2.32. The Labute approximate surface area is 129 Å². The number of nitrogens with zero attached hydrogens (tertiary/aromatic N) is 1. The van der Waals surface area contributed by atoms with Gasteiger partial charge in [0.15, 0.2) is 0 Å². The summed E-state index contributed by atoms with van der Waals surface area (Å²) in [6.45, 7) is -0.0859. The number of carbonyl (C=O) groups excluding carboxylic acids is 1. The van der Waals surface area contributed by atoms with Gasteiger partial charge in [0.2, 0.25) is 15.9 Å². The summed E-state index contributed by atoms with van der Waals surface area (Å²) in [7, 11) is -1.18. The minimum Gasteiger partial charge on any atom is -0.395 e. The highest BCUT2D eigenvalue weighted by molar-refractivity contribution is 7.89. The third-order valence-electron chi connectivity index (χ3n) is 2.99. The summed E-state index contributed by atoms with van der Waals surface area (Å²) < 4.78 is 39.4. The Kier molecular flexibility index (Phi) is 6.72. The third-order valence-corrected chi connectivity index (χ3v) is 4.89. The Morgan fingerprint density at radius 1 is 1.41 bits per heavy atom. The topological polar surface area (TPSA) is 98.7 Å². The summed E-state index contributed by atoms with van der Waals surface area (Å²) in [6, 6.07) is 3.33. The largest absolute Gasteiger partial charge is 0.395 e. The molecule has 0 aliphatic heterocycles. The first-order valence-corrected chi connectivity index (χ1v) is 8.08. The molecular formula is C13H20FN3O4S. The van der Waals surface area contributed by atoms with E-state index >= 15 is 0 Å². The number of rotatable bonds is 8. The summed E-state index contributed by atoms with van der Waals surface area (Å²) in [4.78, 5) is 11.0. The van der Waals surface area contributed by atoms with Gasteiger partial charge >= 0.3 is 0 Å². The SMILES string of the molecule is CNC(=O)CCN(C)S(=O)(=O)c1cc(F)ccc1NCCO. The molecule has 0 aliphatic carbocycles. The van der Waals surface area contributed by atoms with Crippen molar-refractivity contribution >= 4 is 21.6 Å². The van der Waals surface area contributed by atoms with Crippen LogP contribution in [0, 0.1) is 5.82 Å². The van der Waals surface area contributed by atoms with E-state index in [2.05, 4.69) is 10.6 Å². The van der Waals surface area contributed by atoms with Crippen LogP contribution in [0.5, 0.6) is 0 Å². The smallest absolute Gasteiger partial charge is 0.244 e. The third kappa shape index (κ3) is 4.65. The van der Waals surface area contributed by atoms with Crippen molar-refractivity contribution in [1.82, 2.24) is 9.62 Å². The minimum atomic E-state index is -3.96. The average molecular weight is 333 g/mol. The van der Waals surface area contributed by atoms with E-state index in [0.717, 1.165) is 16.4 Å². The van der Waals surface area contributed by atoms with Crippen LogP contribution in [0.25, 0.3) is 0 Å². The van der Waals surface area contributed by atoms with E-state index in [1.165, 1.54) is 20.2 Å². The fraction of sp³-hybridized carbons (Fsp3) is 0.462. The van der Waals surface area contributed by atoms with Crippen LogP contribution in [0.4, 0.5) is 10.1 Å². The molecule has 0 saturated carbocycles. The molecule has 1 aromatic carbocycles. The van der Waals surface area contributed by atoms with Gasteiger partial charge in [-0.05, 0) is 18.2 Å². The molecule has 1 aromatic rings. The van der Waals surface area contributed by atoms with E-state index in [9.17, 15) is 17.6 Å². The number of nitrogens with one attached hydrogen (secondary N) is 2. The molecule has 0 fully saturated rings. The molecule has 124 valence electrons. The molecule has 0 aliphatic rings. The zero-order valence-electron chi connectivity index (χ0n) is 12.5. The van der Waals surface area contributed by atoms with Crippen LogP contribution in [0.2, 0.25) is 0 Å². The monoisotopic (exact) mass is 333 g/mol. The Hall–Kier alpha value is -1.71. The Morgan fingerprint density at radius 2 is 2.09 bits per heavy atom. The Morgan fingerprint density at radius 3 is 2.68 bits per heavy atom. The molecule has 0 radical (unpaired) electrons. The van der Waals surface area contributed by atoms with Gasteiger partial charge in [0.05, 0.1) is 12.3 Å². The van der Waals surface area contributed by atoms with Crippen molar-refractivity contribution < 1.29 is 22.7 Å². The average Bonchev–Trinajstić information content (AvgIpc) is 2.50. The summed E-state index contributed by atoms with van der Waals surface area (Å²) >= 11 is 0. The van der Waals surface area contributed by atoms with Crippen LogP contribution in [0.3, 0.4) is 0 Å². The molecule has 0 heterocycles. The van der Waals surface area contributed by atoms with Crippen molar-refractivity contribution in [2.45, 2.75) is 11.3 Å². The first kappa shape index (κ1) is 18.3. The van der Waals surface area contributed by atoms with Crippen molar-refractivity contribution in [3.05, 3.63) is 24.0 Å². The van der Waals surface area contributed by atoms with E-state index in [0.29, 0.717) is 0 Å². The van der Waals surface area contributed by atoms with Gasteiger partial charge in [-0.2, -0.15) is 0 Å². The molecule has 0 saturated heterocycles. The summed E-state index contributed by atoms with van der Waals surface area (Å²) in [6.07, 6.45) is 0.000940. The molecular weight excluding hydrogens is 313 g/mol. The van der Waals surface area contributed by atoms with Gasteiger partial charge in [-0.1, -0.05) is 0 Å². The molecule has 0 bridgehead atoms. The lowest BCUT2D eigenvalue weighted by Gasteiger charge is -2.19. The molecule has 0 atom stereocenters. The van der Waals surface area contributed by atoms with Crippen molar-refractivity contribution in [3.63, 3.8) is 0 Å². The number of hydrogen-bond acceptors (Lipinski definition) is 5. The second-order valence-electron chi connectivity index (χ2n) is 4.54. The first-order chi connectivity index (χ1) is 10.3. The normalized spacial score (nSPS) is 11.5. The second-order valence-corrected chi connectivity index (χ2v) is 6.55. The quantitative estimate of drug-likeness (QED) is 0.621. The Bertz CT molecular complexity index is 622.